The molecule has 10 aromatic rings. The number of hydrogen-bond acceptors (Lipinski definition) is 0. The van der Waals surface area contributed by atoms with E-state index in [4.69, 9.17) is 0 Å². The first-order chi connectivity index (χ1) is 24.6. The number of fused-ring (bicyclic) bond motifs is 14. The van der Waals surface area contributed by atoms with Crippen molar-refractivity contribution in [3.05, 3.63) is 175 Å². The minimum absolute atomic E-state index is 0.162. The number of rotatable bonds is 2. The highest BCUT2D eigenvalue weighted by Crippen LogP contribution is 2.51. The van der Waals surface area contributed by atoms with Gasteiger partial charge in [0.25, 0.3) is 0 Å². The van der Waals surface area contributed by atoms with Crippen molar-refractivity contribution >= 4 is 64.9 Å². The summed E-state index contributed by atoms with van der Waals surface area (Å²) in [4.78, 5) is 0. The predicted molar refractivity (Wildman–Crippen MR) is 214 cm³/mol. The maximum atomic E-state index is 2.54. The van der Waals surface area contributed by atoms with Gasteiger partial charge in [0.05, 0.1) is 11.0 Å². The molecule has 11 rings (SSSR count). The fraction of sp³-hybridized carbons (Fsp3) is 0.0612. The molecule has 234 valence electrons. The molecule has 0 spiro atoms. The molecule has 1 aromatic heterocycles. The Kier molecular flexibility index (Phi) is 5.51. The van der Waals surface area contributed by atoms with Crippen molar-refractivity contribution in [1.82, 2.24) is 4.57 Å². The maximum Gasteiger partial charge on any atom is 0.0626 e. The Morgan fingerprint density at radius 3 is 1.84 bits per heavy atom. The van der Waals surface area contributed by atoms with E-state index in [2.05, 4.69) is 182 Å². The fourth-order valence-electron chi connectivity index (χ4n) is 9.22. The van der Waals surface area contributed by atoms with Crippen LogP contribution in [0.5, 0.6) is 0 Å². The van der Waals surface area contributed by atoms with Gasteiger partial charge in [-0.25, -0.2) is 0 Å². The van der Waals surface area contributed by atoms with Gasteiger partial charge in [-0.05, 0) is 90.0 Å². The first kappa shape index (κ1) is 27.7. The molecule has 50 heavy (non-hydrogen) atoms. The van der Waals surface area contributed by atoms with Gasteiger partial charge in [0, 0.05) is 32.6 Å². The van der Waals surface area contributed by atoms with E-state index in [1.54, 1.807) is 0 Å². The zero-order valence-corrected chi connectivity index (χ0v) is 28.0. The maximum absolute atomic E-state index is 2.54. The van der Waals surface area contributed by atoms with Gasteiger partial charge in [0.2, 0.25) is 0 Å². The van der Waals surface area contributed by atoms with Crippen LogP contribution in [0, 0.1) is 0 Å². The molecule has 1 heterocycles. The zero-order chi connectivity index (χ0) is 33.1. The molecule has 0 unspecified atom stereocenters. The molecule has 0 saturated carbocycles. The predicted octanol–water partition coefficient (Wildman–Crippen LogP) is 13.4. The highest BCUT2D eigenvalue weighted by Gasteiger charge is 2.36. The lowest BCUT2D eigenvalue weighted by Gasteiger charge is -2.23. The topological polar surface area (TPSA) is 4.93 Å². The molecular formula is C49H33N. The van der Waals surface area contributed by atoms with Crippen molar-refractivity contribution in [3.8, 4) is 27.9 Å². The van der Waals surface area contributed by atoms with Crippen LogP contribution < -0.4 is 0 Å². The lowest BCUT2D eigenvalue weighted by molar-refractivity contribution is 0.660. The summed E-state index contributed by atoms with van der Waals surface area (Å²) in [6.07, 6.45) is 0. The van der Waals surface area contributed by atoms with Crippen molar-refractivity contribution in [2.24, 2.45) is 0 Å². The van der Waals surface area contributed by atoms with Gasteiger partial charge in [-0.1, -0.05) is 153 Å². The second kappa shape index (κ2) is 9.94. The summed E-state index contributed by atoms with van der Waals surface area (Å²) in [6.45, 7) is 4.80. The second-order valence-corrected chi connectivity index (χ2v) is 14.5. The minimum atomic E-state index is -0.162. The van der Waals surface area contributed by atoms with Crippen molar-refractivity contribution < 1.29 is 0 Å². The van der Waals surface area contributed by atoms with Crippen LogP contribution in [0.4, 0.5) is 0 Å². The molecule has 9 aromatic carbocycles. The first-order valence-electron chi connectivity index (χ1n) is 17.6. The SMILES string of the molecule is CC1(C)c2cc(-c3cccc4ccccc34)ccc2-c2ccc(-n3c4ccccc4c4c5c6ccccc6ccc5c5ccccc5c43)cc21. The van der Waals surface area contributed by atoms with Crippen molar-refractivity contribution in [2.45, 2.75) is 19.3 Å². The third-order valence-electron chi connectivity index (χ3n) is 11.5. The van der Waals surface area contributed by atoms with Gasteiger partial charge in [-0.3, -0.25) is 0 Å². The summed E-state index contributed by atoms with van der Waals surface area (Å²) in [7, 11) is 0. The van der Waals surface area contributed by atoms with Crippen molar-refractivity contribution in [2.75, 3.05) is 0 Å². The number of nitrogens with zero attached hydrogens (tertiary/aromatic N) is 1. The zero-order valence-electron chi connectivity index (χ0n) is 28.0. The van der Waals surface area contributed by atoms with Gasteiger partial charge in [-0.2, -0.15) is 0 Å². The number of aromatic nitrogens is 1. The standard InChI is InChI=1S/C49H33N/c1-49(2)43-28-32(35-20-11-14-30-12-3-5-15-34(30)35)23-25-38(43)39-27-24-33(29-44(39)49)50-45-21-10-9-19-42(45)47-46-36-16-6-4-13-31(36)22-26-40(46)37-17-7-8-18-41(37)48(47)50/h3-29H,1-2H3. The van der Waals surface area contributed by atoms with Gasteiger partial charge in [-0.15, -0.1) is 0 Å². The number of hydrogen-bond donors (Lipinski definition) is 0. The van der Waals surface area contributed by atoms with E-state index in [0.29, 0.717) is 0 Å². The fourth-order valence-corrected chi connectivity index (χ4v) is 9.22. The molecular weight excluding hydrogens is 603 g/mol. The monoisotopic (exact) mass is 635 g/mol. The Labute approximate surface area is 290 Å². The highest BCUT2D eigenvalue weighted by molar-refractivity contribution is 6.36. The van der Waals surface area contributed by atoms with E-state index in [-0.39, 0.29) is 5.41 Å². The van der Waals surface area contributed by atoms with Crippen LogP contribution in [-0.2, 0) is 5.41 Å². The van der Waals surface area contributed by atoms with Crippen LogP contribution in [0.25, 0.3) is 92.8 Å². The van der Waals surface area contributed by atoms with Crippen molar-refractivity contribution in [1.29, 1.82) is 0 Å². The molecule has 0 amide bonds. The largest absolute Gasteiger partial charge is 0.309 e. The van der Waals surface area contributed by atoms with E-state index in [0.717, 1.165) is 0 Å². The van der Waals surface area contributed by atoms with Gasteiger partial charge >= 0.3 is 0 Å². The average Bonchev–Trinajstić information content (AvgIpc) is 3.63. The normalized spacial score (nSPS) is 13.6. The van der Waals surface area contributed by atoms with Gasteiger partial charge in [0.1, 0.15) is 0 Å². The highest BCUT2D eigenvalue weighted by atomic mass is 15.0. The molecule has 0 radical (unpaired) electrons. The molecule has 1 aliphatic rings. The van der Waals surface area contributed by atoms with Crippen LogP contribution >= 0.6 is 0 Å². The molecule has 1 nitrogen and oxygen atoms in total. The van der Waals surface area contributed by atoms with Gasteiger partial charge in [0.15, 0.2) is 0 Å². The Bertz CT molecular complexity index is 3060. The molecule has 0 saturated heterocycles. The lowest BCUT2D eigenvalue weighted by Crippen LogP contribution is -2.15. The molecule has 0 aliphatic heterocycles. The van der Waals surface area contributed by atoms with Crippen LogP contribution in [0.3, 0.4) is 0 Å². The van der Waals surface area contributed by atoms with E-state index in [1.807, 2.05) is 0 Å². The Hall–Kier alpha value is -6.18. The smallest absolute Gasteiger partial charge is 0.0626 e. The summed E-state index contributed by atoms with van der Waals surface area (Å²) in [5.74, 6) is 0. The summed E-state index contributed by atoms with van der Waals surface area (Å²) in [5, 5.41) is 13.0. The first-order valence-corrected chi connectivity index (χ1v) is 17.6. The van der Waals surface area contributed by atoms with Gasteiger partial charge < -0.3 is 4.57 Å². The molecule has 1 heteroatoms. The number of para-hydroxylation sites is 1. The summed E-state index contributed by atoms with van der Waals surface area (Å²) in [5.41, 5.74) is 11.6. The van der Waals surface area contributed by atoms with E-state index >= 15 is 0 Å². The Balaban J connectivity index is 1.18. The van der Waals surface area contributed by atoms with E-state index in [9.17, 15) is 0 Å². The van der Waals surface area contributed by atoms with Crippen molar-refractivity contribution in [3.63, 3.8) is 0 Å². The van der Waals surface area contributed by atoms with Crippen LogP contribution in [0.15, 0.2) is 164 Å². The second-order valence-electron chi connectivity index (χ2n) is 14.5. The summed E-state index contributed by atoms with van der Waals surface area (Å²) in [6, 6.07) is 61.1. The van der Waals surface area contributed by atoms with Crippen LogP contribution in [0.1, 0.15) is 25.0 Å². The third kappa shape index (κ3) is 3.62. The molecule has 0 bridgehead atoms. The minimum Gasteiger partial charge on any atom is -0.309 e. The van der Waals surface area contributed by atoms with E-state index in [1.165, 1.54) is 104 Å². The molecule has 0 fully saturated rings. The average molecular weight is 636 g/mol. The van der Waals surface area contributed by atoms with Crippen LogP contribution in [0.2, 0.25) is 0 Å². The Morgan fingerprint density at radius 2 is 1.02 bits per heavy atom. The molecule has 1 aliphatic carbocycles. The molecule has 0 N–H and O–H groups in total. The van der Waals surface area contributed by atoms with Crippen LogP contribution in [-0.4, -0.2) is 4.57 Å². The molecule has 0 atom stereocenters. The number of benzene rings is 9. The lowest BCUT2D eigenvalue weighted by atomic mass is 9.81. The van der Waals surface area contributed by atoms with E-state index < -0.39 is 0 Å². The summed E-state index contributed by atoms with van der Waals surface area (Å²) < 4.78 is 2.54. The third-order valence-corrected chi connectivity index (χ3v) is 11.5. The quantitative estimate of drug-likeness (QED) is 0.167. The summed E-state index contributed by atoms with van der Waals surface area (Å²) >= 11 is 0. The Morgan fingerprint density at radius 1 is 0.400 bits per heavy atom.